The summed E-state index contributed by atoms with van der Waals surface area (Å²) in [7, 11) is 5.79. The lowest BCUT2D eigenvalue weighted by Gasteiger charge is -2.36. The van der Waals surface area contributed by atoms with Crippen LogP contribution in [0.3, 0.4) is 0 Å². The molecule has 0 atom stereocenters. The molecule has 4 N–H and O–H groups in total. The van der Waals surface area contributed by atoms with Gasteiger partial charge in [0, 0.05) is 35.2 Å². The van der Waals surface area contributed by atoms with Crippen LogP contribution in [-0.4, -0.2) is 56.7 Å². The van der Waals surface area contributed by atoms with Crippen LogP contribution < -0.4 is 21.1 Å². The lowest BCUT2D eigenvalue weighted by atomic mass is 9.84. The number of benzene rings is 2. The number of amides is 2. The maximum absolute atomic E-state index is 13.9. The van der Waals surface area contributed by atoms with E-state index in [2.05, 4.69) is 36.1 Å². The first kappa shape index (κ1) is 24.1. The highest BCUT2D eigenvalue weighted by atomic mass is 16.5. The molecule has 8 heteroatoms. The molecular formula is C28H33N5O3. The number of rotatable bonds is 7. The van der Waals surface area contributed by atoms with Crippen molar-refractivity contribution in [1.29, 1.82) is 0 Å². The van der Waals surface area contributed by atoms with Crippen LogP contribution in [0.25, 0.3) is 0 Å². The quantitative estimate of drug-likeness (QED) is 0.583. The average Bonchev–Trinajstić information content (AvgIpc) is 3.79. The number of aliphatic imine (C=N–C) groups is 1. The first-order chi connectivity index (χ1) is 17.2. The van der Waals surface area contributed by atoms with Gasteiger partial charge in [-0.25, -0.2) is 4.99 Å². The number of nitrogens with zero attached hydrogens (tertiary/aromatic N) is 3. The topological polar surface area (TPSA) is 114 Å². The first-order valence-corrected chi connectivity index (χ1v) is 12.3. The Morgan fingerprint density at radius 3 is 2.17 bits per heavy atom. The van der Waals surface area contributed by atoms with Crippen LogP contribution in [0.2, 0.25) is 0 Å². The van der Waals surface area contributed by atoms with Gasteiger partial charge in [0.2, 0.25) is 0 Å². The standard InChI is InChI=1S/C28H33N5O3/c1-32(2)16-27(12-13-27)18-4-8-20(9-5-18)33-17-28(14-15-28)22(23(29)25(30)34)24(26(33)35)31-19-6-10-21(36-3)11-7-19/h4-11H,12-17,29H2,1-3H3,(H2,30,34). The van der Waals surface area contributed by atoms with Crippen LogP contribution in [-0.2, 0) is 15.0 Å². The number of primary amides is 1. The molecule has 188 valence electrons. The summed E-state index contributed by atoms with van der Waals surface area (Å²) in [5.41, 5.74) is 14.8. The Labute approximate surface area is 211 Å². The van der Waals surface area contributed by atoms with Gasteiger partial charge in [-0.2, -0.15) is 0 Å². The minimum absolute atomic E-state index is 0.0810. The third-order valence-corrected chi connectivity index (χ3v) is 7.64. The Kier molecular flexibility index (Phi) is 5.87. The number of ether oxygens (including phenoxy) is 1. The molecule has 2 aromatic rings. The monoisotopic (exact) mass is 487 g/mol. The van der Waals surface area contributed by atoms with Gasteiger partial charge in [-0.3, -0.25) is 9.59 Å². The van der Waals surface area contributed by atoms with Crippen molar-refractivity contribution in [3.05, 3.63) is 65.4 Å². The molecule has 36 heavy (non-hydrogen) atoms. The van der Waals surface area contributed by atoms with Gasteiger partial charge in [-0.15, -0.1) is 0 Å². The molecule has 3 fully saturated rings. The molecule has 0 radical (unpaired) electrons. The fourth-order valence-corrected chi connectivity index (χ4v) is 5.42. The number of likely N-dealkylation sites (N-methyl/N-ethyl adjacent to an activating group) is 1. The second-order valence-corrected chi connectivity index (χ2v) is 10.5. The number of carbonyl (C=O) groups is 2. The maximum Gasteiger partial charge on any atom is 0.277 e. The smallest absolute Gasteiger partial charge is 0.277 e. The number of hydrogen-bond donors (Lipinski definition) is 2. The highest BCUT2D eigenvalue weighted by molar-refractivity contribution is 6.51. The molecule has 5 rings (SSSR count). The van der Waals surface area contributed by atoms with Gasteiger partial charge in [0.15, 0.2) is 0 Å². The third kappa shape index (κ3) is 4.26. The highest BCUT2D eigenvalue weighted by Crippen LogP contribution is 2.56. The highest BCUT2D eigenvalue weighted by Gasteiger charge is 2.56. The van der Waals surface area contributed by atoms with Gasteiger partial charge >= 0.3 is 0 Å². The Bertz CT molecular complexity index is 1250. The predicted octanol–water partition coefficient (Wildman–Crippen LogP) is 2.89. The lowest BCUT2D eigenvalue weighted by Crippen LogP contribution is -2.50. The summed E-state index contributed by atoms with van der Waals surface area (Å²) in [5.74, 6) is -0.339. The molecule has 0 bridgehead atoms. The van der Waals surface area contributed by atoms with Gasteiger partial charge in [-0.05, 0) is 81.7 Å². The molecule has 2 aliphatic carbocycles. The Morgan fingerprint density at radius 1 is 1.03 bits per heavy atom. The van der Waals surface area contributed by atoms with Crippen molar-refractivity contribution in [2.24, 2.45) is 21.9 Å². The van der Waals surface area contributed by atoms with Crippen molar-refractivity contribution >= 4 is 28.9 Å². The molecule has 8 nitrogen and oxygen atoms in total. The minimum Gasteiger partial charge on any atom is -0.497 e. The van der Waals surface area contributed by atoms with Gasteiger partial charge in [0.1, 0.15) is 17.2 Å². The van der Waals surface area contributed by atoms with Crippen LogP contribution in [0.15, 0.2) is 64.8 Å². The molecule has 1 saturated heterocycles. The predicted molar refractivity (Wildman–Crippen MR) is 140 cm³/mol. The second kappa shape index (κ2) is 8.78. The largest absolute Gasteiger partial charge is 0.497 e. The summed E-state index contributed by atoms with van der Waals surface area (Å²) in [6.07, 6.45) is 3.97. The van der Waals surface area contributed by atoms with Gasteiger partial charge in [0.25, 0.3) is 11.8 Å². The number of piperidine rings is 1. The second-order valence-electron chi connectivity index (χ2n) is 10.5. The van der Waals surface area contributed by atoms with E-state index in [0.29, 0.717) is 23.6 Å². The molecule has 2 saturated carbocycles. The number of hydrogen-bond acceptors (Lipinski definition) is 6. The van der Waals surface area contributed by atoms with Crippen molar-refractivity contribution < 1.29 is 14.3 Å². The summed E-state index contributed by atoms with van der Waals surface area (Å²) in [6.45, 7) is 1.45. The molecule has 1 aliphatic heterocycles. The molecule has 0 unspecified atom stereocenters. The third-order valence-electron chi connectivity index (χ3n) is 7.64. The van der Waals surface area contributed by atoms with E-state index in [1.165, 1.54) is 18.4 Å². The van der Waals surface area contributed by atoms with Crippen molar-refractivity contribution in [3.63, 3.8) is 0 Å². The SMILES string of the molecule is COc1ccc(N=C2C(=O)N(c3ccc(C4(CN(C)C)CC4)cc3)CC3(CC3)C2=C(N)C(N)=O)cc1. The van der Waals surface area contributed by atoms with Crippen molar-refractivity contribution in [1.82, 2.24) is 4.90 Å². The van der Waals surface area contributed by atoms with Crippen LogP contribution >= 0.6 is 0 Å². The van der Waals surface area contributed by atoms with E-state index in [0.717, 1.165) is 25.1 Å². The molecule has 2 aromatic carbocycles. The fraction of sp³-hybridized carbons (Fsp3) is 0.393. The summed E-state index contributed by atoms with van der Waals surface area (Å²) < 4.78 is 5.23. The van der Waals surface area contributed by atoms with Crippen LogP contribution in [0.4, 0.5) is 11.4 Å². The Hall–Kier alpha value is -3.65. The minimum atomic E-state index is -0.736. The fourth-order valence-electron chi connectivity index (χ4n) is 5.42. The maximum atomic E-state index is 13.9. The molecular weight excluding hydrogens is 454 g/mol. The molecule has 1 spiro atoms. The van der Waals surface area contributed by atoms with E-state index in [-0.39, 0.29) is 22.7 Å². The van der Waals surface area contributed by atoms with E-state index >= 15 is 0 Å². The zero-order chi connectivity index (χ0) is 25.7. The van der Waals surface area contributed by atoms with Crippen molar-refractivity contribution in [2.75, 3.05) is 39.2 Å². The van der Waals surface area contributed by atoms with E-state index in [1.54, 1.807) is 36.3 Å². The molecule has 1 heterocycles. The van der Waals surface area contributed by atoms with Crippen LogP contribution in [0, 0.1) is 5.41 Å². The van der Waals surface area contributed by atoms with E-state index < -0.39 is 11.3 Å². The Balaban J connectivity index is 1.53. The molecule has 2 amide bonds. The summed E-state index contributed by atoms with van der Waals surface area (Å²) in [4.78, 5) is 34.7. The van der Waals surface area contributed by atoms with Gasteiger partial charge in [0.05, 0.1) is 12.8 Å². The Morgan fingerprint density at radius 2 is 1.67 bits per heavy atom. The average molecular weight is 488 g/mol. The van der Waals surface area contributed by atoms with Crippen LogP contribution in [0.5, 0.6) is 5.75 Å². The molecule has 3 aliphatic rings. The van der Waals surface area contributed by atoms with E-state index in [1.807, 2.05) is 12.1 Å². The van der Waals surface area contributed by atoms with Crippen molar-refractivity contribution in [2.45, 2.75) is 31.1 Å². The zero-order valence-electron chi connectivity index (χ0n) is 21.1. The first-order valence-electron chi connectivity index (χ1n) is 12.3. The normalized spacial score (nSPS) is 22.2. The van der Waals surface area contributed by atoms with Crippen molar-refractivity contribution in [3.8, 4) is 5.75 Å². The summed E-state index contributed by atoms with van der Waals surface area (Å²) in [6, 6.07) is 15.4. The summed E-state index contributed by atoms with van der Waals surface area (Å²) in [5, 5.41) is 0. The number of nitrogens with two attached hydrogens (primary N) is 2. The van der Waals surface area contributed by atoms with Gasteiger partial charge in [-0.1, -0.05) is 12.1 Å². The number of anilines is 1. The molecule has 0 aromatic heterocycles. The van der Waals surface area contributed by atoms with E-state index in [9.17, 15) is 9.59 Å². The zero-order valence-corrected chi connectivity index (χ0v) is 21.1. The number of methoxy groups -OCH3 is 1. The van der Waals surface area contributed by atoms with Crippen LogP contribution in [0.1, 0.15) is 31.2 Å². The summed E-state index contributed by atoms with van der Waals surface area (Å²) >= 11 is 0. The lowest BCUT2D eigenvalue weighted by molar-refractivity contribution is -0.114. The van der Waals surface area contributed by atoms with Gasteiger partial charge < -0.3 is 26.0 Å². The number of carbonyl (C=O) groups excluding carboxylic acids is 2. The van der Waals surface area contributed by atoms with E-state index in [4.69, 9.17) is 16.2 Å².